The van der Waals surface area contributed by atoms with E-state index in [1.54, 1.807) is 14.1 Å². The summed E-state index contributed by atoms with van der Waals surface area (Å²) >= 11 is 0. The maximum absolute atomic E-state index is 11.2. The van der Waals surface area contributed by atoms with Crippen molar-refractivity contribution in [2.24, 2.45) is 0 Å². The molecule has 0 aromatic rings. The molecular weight excluding hydrogens is 262 g/mol. The Balaban J connectivity index is 1.89. The molecule has 1 heterocycles. The maximum atomic E-state index is 11.2. The van der Waals surface area contributed by atoms with E-state index in [4.69, 9.17) is 9.47 Å². The molecule has 0 spiro atoms. The van der Waals surface area contributed by atoms with Crippen molar-refractivity contribution in [3.05, 3.63) is 0 Å². The van der Waals surface area contributed by atoms with Gasteiger partial charge in [-0.05, 0) is 12.8 Å². The van der Waals surface area contributed by atoms with Gasteiger partial charge in [-0.3, -0.25) is 0 Å². The first-order valence-electron chi connectivity index (χ1n) is 7.13. The Kier molecular flexibility index (Phi) is 8.52. The molecule has 118 valence electrons. The zero-order chi connectivity index (χ0) is 14.8. The molecule has 20 heavy (non-hydrogen) atoms. The molecular formula is C13H27N3O4. The molecule has 1 saturated heterocycles. The van der Waals surface area contributed by atoms with Crippen molar-refractivity contribution in [3.8, 4) is 0 Å². The van der Waals surface area contributed by atoms with E-state index in [9.17, 15) is 9.90 Å². The number of hydrogen-bond acceptors (Lipinski definition) is 5. The van der Waals surface area contributed by atoms with E-state index in [1.165, 1.54) is 4.90 Å². The van der Waals surface area contributed by atoms with Crippen molar-refractivity contribution in [1.29, 1.82) is 0 Å². The van der Waals surface area contributed by atoms with Crippen molar-refractivity contribution >= 4 is 6.03 Å². The second-order valence-corrected chi connectivity index (χ2v) is 5.16. The zero-order valence-corrected chi connectivity index (χ0v) is 12.4. The number of hydrogen-bond donors (Lipinski definition) is 3. The van der Waals surface area contributed by atoms with Gasteiger partial charge in [0.1, 0.15) is 0 Å². The fraction of sp³-hybridized carbons (Fsp3) is 0.923. The highest BCUT2D eigenvalue weighted by Crippen LogP contribution is 2.11. The quantitative estimate of drug-likeness (QED) is 0.494. The summed E-state index contributed by atoms with van der Waals surface area (Å²) in [6.07, 6.45) is 1.79. The first kappa shape index (κ1) is 17.2. The summed E-state index contributed by atoms with van der Waals surface area (Å²) in [6.45, 7) is 3.26. The first-order valence-corrected chi connectivity index (χ1v) is 7.13. The third kappa shape index (κ3) is 7.64. The Morgan fingerprint density at radius 2 is 2.30 bits per heavy atom. The number of nitrogens with zero attached hydrogens (tertiary/aromatic N) is 1. The average Bonchev–Trinajstić information content (AvgIpc) is 2.91. The minimum absolute atomic E-state index is 0.118. The molecule has 0 saturated carbocycles. The highest BCUT2D eigenvalue weighted by Gasteiger charge is 2.15. The van der Waals surface area contributed by atoms with E-state index in [1.807, 2.05) is 0 Å². The minimum atomic E-state index is -0.541. The van der Waals surface area contributed by atoms with E-state index >= 15 is 0 Å². The highest BCUT2D eigenvalue weighted by atomic mass is 16.5. The van der Waals surface area contributed by atoms with Crippen molar-refractivity contribution < 1.29 is 19.4 Å². The fourth-order valence-electron chi connectivity index (χ4n) is 1.85. The lowest BCUT2D eigenvalue weighted by Crippen LogP contribution is -2.40. The Bertz CT molecular complexity index is 270. The molecule has 2 amide bonds. The van der Waals surface area contributed by atoms with Gasteiger partial charge >= 0.3 is 6.03 Å². The van der Waals surface area contributed by atoms with E-state index in [0.29, 0.717) is 32.8 Å². The number of aliphatic hydroxyl groups excluding tert-OH is 1. The number of ether oxygens (including phenoxy) is 2. The van der Waals surface area contributed by atoms with Gasteiger partial charge in [0.15, 0.2) is 0 Å². The maximum Gasteiger partial charge on any atom is 0.316 e. The number of amides is 2. The third-order valence-electron chi connectivity index (χ3n) is 3.00. The van der Waals surface area contributed by atoms with Crippen LogP contribution < -0.4 is 10.6 Å². The van der Waals surface area contributed by atoms with Gasteiger partial charge in [0.2, 0.25) is 0 Å². The minimum Gasteiger partial charge on any atom is -0.389 e. The largest absolute Gasteiger partial charge is 0.389 e. The van der Waals surface area contributed by atoms with Gasteiger partial charge in [0.05, 0.1) is 25.4 Å². The van der Waals surface area contributed by atoms with Crippen LogP contribution in [-0.2, 0) is 9.47 Å². The number of urea groups is 1. The number of nitrogens with one attached hydrogen (secondary N) is 2. The van der Waals surface area contributed by atoms with Crippen LogP contribution in [0.25, 0.3) is 0 Å². The molecule has 0 aromatic carbocycles. The summed E-state index contributed by atoms with van der Waals surface area (Å²) in [5, 5.41) is 15.5. The second kappa shape index (κ2) is 9.93. The van der Waals surface area contributed by atoms with Gasteiger partial charge in [-0.25, -0.2) is 4.79 Å². The lowest BCUT2D eigenvalue weighted by molar-refractivity contribution is -0.0163. The topological polar surface area (TPSA) is 83.1 Å². The molecule has 7 heteroatoms. The molecule has 0 aromatic heterocycles. The molecule has 0 aliphatic carbocycles. The Hall–Kier alpha value is -0.890. The van der Waals surface area contributed by atoms with Crippen molar-refractivity contribution in [1.82, 2.24) is 15.5 Å². The van der Waals surface area contributed by atoms with Crippen LogP contribution in [0.3, 0.4) is 0 Å². The molecule has 2 unspecified atom stereocenters. The molecule has 1 aliphatic rings. The average molecular weight is 289 g/mol. The molecule has 0 bridgehead atoms. The van der Waals surface area contributed by atoms with Gasteiger partial charge in [-0.1, -0.05) is 0 Å². The predicted octanol–water partition coefficient (Wildman–Crippen LogP) is -0.596. The zero-order valence-electron chi connectivity index (χ0n) is 12.4. The van der Waals surface area contributed by atoms with Crippen molar-refractivity contribution in [2.45, 2.75) is 25.0 Å². The van der Waals surface area contributed by atoms with Crippen LogP contribution in [0.5, 0.6) is 0 Å². The van der Waals surface area contributed by atoms with E-state index < -0.39 is 6.10 Å². The van der Waals surface area contributed by atoms with Crippen LogP contribution in [0.15, 0.2) is 0 Å². The molecule has 1 aliphatic heterocycles. The molecule has 1 fully saturated rings. The molecule has 1 rings (SSSR count). The highest BCUT2D eigenvalue weighted by molar-refractivity contribution is 5.73. The van der Waals surface area contributed by atoms with Crippen LogP contribution in [-0.4, -0.2) is 81.8 Å². The van der Waals surface area contributed by atoms with Gasteiger partial charge in [0.25, 0.3) is 0 Å². The first-order chi connectivity index (χ1) is 9.59. The smallest absolute Gasteiger partial charge is 0.316 e. The van der Waals surface area contributed by atoms with Gasteiger partial charge in [-0.2, -0.15) is 0 Å². The lowest BCUT2D eigenvalue weighted by Gasteiger charge is -2.15. The summed E-state index contributed by atoms with van der Waals surface area (Å²) in [4.78, 5) is 12.7. The standard InChI is InChI=1S/C13H27N3O4/c1-16(2)13(18)15-6-5-14-8-11(17)9-19-10-12-4-3-7-20-12/h11-12,14,17H,3-10H2,1-2H3,(H,15,18). The lowest BCUT2D eigenvalue weighted by atomic mass is 10.2. The Morgan fingerprint density at radius 1 is 1.50 bits per heavy atom. The van der Waals surface area contributed by atoms with Crippen LogP contribution >= 0.6 is 0 Å². The number of rotatable bonds is 9. The van der Waals surface area contributed by atoms with Gasteiger partial charge < -0.3 is 30.1 Å². The Labute approximate surface area is 120 Å². The number of carbonyl (C=O) groups is 1. The molecule has 2 atom stereocenters. The third-order valence-corrected chi connectivity index (χ3v) is 3.00. The molecule has 0 radical (unpaired) electrons. The van der Waals surface area contributed by atoms with Gasteiger partial charge in [0, 0.05) is 40.3 Å². The van der Waals surface area contributed by atoms with Crippen LogP contribution in [0.1, 0.15) is 12.8 Å². The monoisotopic (exact) mass is 289 g/mol. The van der Waals surface area contributed by atoms with E-state index in [-0.39, 0.29) is 12.1 Å². The summed E-state index contributed by atoms with van der Waals surface area (Å²) in [5.41, 5.74) is 0. The normalized spacial score (nSPS) is 19.9. The van der Waals surface area contributed by atoms with Gasteiger partial charge in [-0.15, -0.1) is 0 Å². The van der Waals surface area contributed by atoms with Crippen molar-refractivity contribution in [3.63, 3.8) is 0 Å². The van der Waals surface area contributed by atoms with Crippen LogP contribution in [0, 0.1) is 0 Å². The number of aliphatic hydroxyl groups is 1. The fourth-order valence-corrected chi connectivity index (χ4v) is 1.85. The summed E-state index contributed by atoms with van der Waals surface area (Å²) in [6, 6.07) is -0.118. The van der Waals surface area contributed by atoms with Crippen molar-refractivity contribution in [2.75, 3.05) is 53.6 Å². The van der Waals surface area contributed by atoms with Crippen LogP contribution in [0.4, 0.5) is 4.79 Å². The Morgan fingerprint density at radius 3 is 2.95 bits per heavy atom. The van der Waals surface area contributed by atoms with E-state index in [2.05, 4.69) is 10.6 Å². The predicted molar refractivity (Wildman–Crippen MR) is 75.8 cm³/mol. The second-order valence-electron chi connectivity index (χ2n) is 5.16. The summed E-state index contributed by atoms with van der Waals surface area (Å²) in [5.74, 6) is 0. The molecule has 3 N–H and O–H groups in total. The van der Waals surface area contributed by atoms with Crippen LogP contribution in [0.2, 0.25) is 0 Å². The number of carbonyl (C=O) groups excluding carboxylic acids is 1. The molecule has 7 nitrogen and oxygen atoms in total. The van der Waals surface area contributed by atoms with E-state index in [0.717, 1.165) is 19.4 Å². The SMILES string of the molecule is CN(C)C(=O)NCCNCC(O)COCC1CCCO1. The summed E-state index contributed by atoms with van der Waals surface area (Å²) < 4.78 is 10.8. The summed E-state index contributed by atoms with van der Waals surface area (Å²) in [7, 11) is 3.38.